The Hall–Kier alpha value is -2.55. The number of pyridine rings is 1. The lowest BCUT2D eigenvalue weighted by molar-refractivity contribution is 0.403. The number of nitrogens with zero attached hydrogens (tertiary/aromatic N) is 3. The van der Waals surface area contributed by atoms with Gasteiger partial charge in [-0.25, -0.2) is 9.97 Å². The van der Waals surface area contributed by atoms with Gasteiger partial charge in [0.1, 0.15) is 0 Å². The summed E-state index contributed by atoms with van der Waals surface area (Å²) in [4.78, 5) is 14.9. The van der Waals surface area contributed by atoms with E-state index >= 15 is 0 Å². The molecule has 0 aliphatic heterocycles. The molecule has 2 heterocycles. The monoisotopic (exact) mass is 469 g/mol. The van der Waals surface area contributed by atoms with E-state index in [1.807, 2.05) is 6.20 Å². The molecule has 0 saturated carbocycles. The number of aryl methyl sites for hydroxylation is 1. The van der Waals surface area contributed by atoms with Crippen molar-refractivity contribution in [3.05, 3.63) is 64.6 Å². The number of hydrogen-bond acceptors (Lipinski definition) is 3. The maximum Gasteiger partial charge on any atom is 0.161 e. The van der Waals surface area contributed by atoms with Gasteiger partial charge >= 0.3 is 0 Å². The fourth-order valence-electron chi connectivity index (χ4n) is 5.62. The van der Waals surface area contributed by atoms with Crippen molar-refractivity contribution in [2.45, 2.75) is 111 Å². The maximum atomic E-state index is 4.96. The summed E-state index contributed by atoms with van der Waals surface area (Å²) in [5, 5.41) is 0. The Morgan fingerprint density at radius 3 is 1.77 bits per heavy atom. The molecule has 35 heavy (non-hydrogen) atoms. The summed E-state index contributed by atoms with van der Waals surface area (Å²) in [6, 6.07) is 11.3. The molecule has 1 aliphatic rings. The molecular formula is C32H43N3. The summed E-state index contributed by atoms with van der Waals surface area (Å²) >= 11 is 0. The molecule has 3 heteroatoms. The third-order valence-corrected chi connectivity index (χ3v) is 7.53. The van der Waals surface area contributed by atoms with Crippen LogP contribution in [0.5, 0.6) is 0 Å². The molecule has 0 unspecified atom stereocenters. The smallest absolute Gasteiger partial charge is 0.161 e. The second-order valence-electron chi connectivity index (χ2n) is 13.7. The standard InChI is InChI=1S/C32H43N3/c1-12-20-15-23-24(32(10,11)19-31(23,8)9)16-22(20)25-14-13-21(18-33-25)28-34-26(29(2,3)4)17-27(35-28)30(5,6)7/h13-18H,12,19H2,1-11H3. The topological polar surface area (TPSA) is 38.7 Å². The molecule has 0 radical (unpaired) electrons. The lowest BCUT2D eigenvalue weighted by Crippen LogP contribution is -2.20. The molecule has 0 saturated heterocycles. The number of fused-ring (bicyclic) bond motifs is 1. The molecule has 1 aliphatic carbocycles. The van der Waals surface area contributed by atoms with E-state index in [9.17, 15) is 0 Å². The predicted octanol–water partition coefficient (Wildman–Crippen LogP) is 8.32. The summed E-state index contributed by atoms with van der Waals surface area (Å²) in [7, 11) is 0. The minimum Gasteiger partial charge on any atom is -0.255 e. The molecule has 0 amide bonds. The molecule has 0 N–H and O–H groups in total. The third kappa shape index (κ3) is 4.79. The maximum absolute atomic E-state index is 4.96. The van der Waals surface area contributed by atoms with Crippen molar-refractivity contribution in [3.63, 3.8) is 0 Å². The van der Waals surface area contributed by atoms with Crippen molar-refractivity contribution in [2.75, 3.05) is 0 Å². The Balaban J connectivity index is 1.80. The van der Waals surface area contributed by atoms with Crippen molar-refractivity contribution >= 4 is 0 Å². The molecule has 0 bridgehead atoms. The lowest BCUT2D eigenvalue weighted by Gasteiger charge is -2.24. The summed E-state index contributed by atoms with van der Waals surface area (Å²) in [6.45, 7) is 25.0. The molecule has 0 fully saturated rings. The van der Waals surface area contributed by atoms with Gasteiger partial charge in [0, 0.05) is 28.2 Å². The first-order valence-electron chi connectivity index (χ1n) is 13.1. The van der Waals surface area contributed by atoms with Crippen LogP contribution in [0.2, 0.25) is 0 Å². The normalized spacial score (nSPS) is 16.9. The first-order chi connectivity index (χ1) is 16.0. The summed E-state index contributed by atoms with van der Waals surface area (Å²) in [5.41, 5.74) is 9.99. The Labute approximate surface area is 212 Å². The van der Waals surface area contributed by atoms with E-state index in [1.165, 1.54) is 28.7 Å². The van der Waals surface area contributed by atoms with E-state index in [1.54, 1.807) is 0 Å². The predicted molar refractivity (Wildman–Crippen MR) is 148 cm³/mol. The quantitative estimate of drug-likeness (QED) is 0.387. The van der Waals surface area contributed by atoms with Crippen molar-refractivity contribution < 1.29 is 0 Å². The van der Waals surface area contributed by atoms with Gasteiger partial charge in [0.2, 0.25) is 0 Å². The van der Waals surface area contributed by atoms with Crippen LogP contribution in [0.1, 0.15) is 111 Å². The SMILES string of the molecule is CCc1cc2c(cc1-c1ccc(-c3nc(C(C)(C)C)cc(C(C)(C)C)n3)cn1)C(C)(C)CC2(C)C. The zero-order chi connectivity index (χ0) is 26.0. The van der Waals surface area contributed by atoms with Crippen LogP contribution in [-0.4, -0.2) is 15.0 Å². The van der Waals surface area contributed by atoms with Crippen molar-refractivity contribution in [1.82, 2.24) is 15.0 Å². The highest BCUT2D eigenvalue weighted by Crippen LogP contribution is 2.51. The van der Waals surface area contributed by atoms with E-state index in [-0.39, 0.29) is 21.7 Å². The molecule has 0 atom stereocenters. The van der Waals surface area contributed by atoms with Gasteiger partial charge in [0.05, 0.1) is 17.1 Å². The lowest BCUT2D eigenvalue weighted by atomic mass is 9.82. The van der Waals surface area contributed by atoms with E-state index in [0.29, 0.717) is 0 Å². The average molecular weight is 470 g/mol. The van der Waals surface area contributed by atoms with Gasteiger partial charge in [0.15, 0.2) is 5.82 Å². The molecule has 3 aromatic rings. The zero-order valence-electron chi connectivity index (χ0n) is 23.7. The van der Waals surface area contributed by atoms with Crippen LogP contribution in [-0.2, 0) is 28.1 Å². The fourth-order valence-corrected chi connectivity index (χ4v) is 5.62. The number of hydrogen-bond donors (Lipinski definition) is 0. The highest BCUT2D eigenvalue weighted by Gasteiger charge is 2.42. The molecule has 1 aromatic carbocycles. The van der Waals surface area contributed by atoms with Crippen LogP contribution < -0.4 is 0 Å². The summed E-state index contributed by atoms with van der Waals surface area (Å²) < 4.78 is 0. The van der Waals surface area contributed by atoms with E-state index < -0.39 is 0 Å². The molecule has 4 rings (SSSR count). The minimum atomic E-state index is -0.0495. The van der Waals surface area contributed by atoms with Crippen molar-refractivity contribution in [1.29, 1.82) is 0 Å². The number of benzene rings is 1. The molecule has 2 aromatic heterocycles. The van der Waals surface area contributed by atoms with Gasteiger partial charge in [-0.15, -0.1) is 0 Å². The van der Waals surface area contributed by atoms with E-state index in [4.69, 9.17) is 15.0 Å². The van der Waals surface area contributed by atoms with Crippen molar-refractivity contribution in [2.24, 2.45) is 0 Å². The fraction of sp³-hybridized carbons (Fsp3) is 0.531. The Kier molecular flexibility index (Phi) is 6.02. The zero-order valence-corrected chi connectivity index (χ0v) is 23.7. The minimum absolute atomic E-state index is 0.0495. The van der Waals surface area contributed by atoms with Crippen LogP contribution in [0.15, 0.2) is 36.5 Å². The summed E-state index contributed by atoms with van der Waals surface area (Å²) in [5.74, 6) is 0.758. The molecule has 186 valence electrons. The van der Waals surface area contributed by atoms with Crippen molar-refractivity contribution in [3.8, 4) is 22.6 Å². The molecular weight excluding hydrogens is 426 g/mol. The molecule has 0 spiro atoms. The third-order valence-electron chi connectivity index (χ3n) is 7.53. The number of rotatable bonds is 3. The largest absolute Gasteiger partial charge is 0.255 e. The Morgan fingerprint density at radius 2 is 1.31 bits per heavy atom. The second kappa shape index (κ2) is 8.25. The molecule has 3 nitrogen and oxygen atoms in total. The van der Waals surface area contributed by atoms with Crippen LogP contribution in [0.3, 0.4) is 0 Å². The summed E-state index contributed by atoms with van der Waals surface area (Å²) in [6.07, 6.45) is 4.12. The van der Waals surface area contributed by atoms with Gasteiger partial charge in [-0.1, -0.05) is 82.2 Å². The van der Waals surface area contributed by atoms with Gasteiger partial charge < -0.3 is 0 Å². The highest BCUT2D eigenvalue weighted by atomic mass is 14.9. The van der Waals surface area contributed by atoms with Crippen LogP contribution in [0, 0.1) is 0 Å². The number of aromatic nitrogens is 3. The van der Waals surface area contributed by atoms with Gasteiger partial charge in [-0.05, 0) is 64.6 Å². The van der Waals surface area contributed by atoms with Gasteiger partial charge in [-0.3, -0.25) is 4.98 Å². The first kappa shape index (κ1) is 25.5. The Bertz CT molecular complexity index is 1220. The Morgan fingerprint density at radius 1 is 0.771 bits per heavy atom. The first-order valence-corrected chi connectivity index (χ1v) is 13.1. The van der Waals surface area contributed by atoms with Crippen LogP contribution in [0.4, 0.5) is 0 Å². The van der Waals surface area contributed by atoms with Gasteiger partial charge in [-0.2, -0.15) is 0 Å². The van der Waals surface area contributed by atoms with E-state index in [2.05, 4.69) is 106 Å². The average Bonchev–Trinajstić information content (AvgIpc) is 2.94. The van der Waals surface area contributed by atoms with Crippen LogP contribution in [0.25, 0.3) is 22.6 Å². The van der Waals surface area contributed by atoms with Crippen LogP contribution >= 0.6 is 0 Å². The van der Waals surface area contributed by atoms with E-state index in [0.717, 1.165) is 34.9 Å². The second-order valence-corrected chi connectivity index (χ2v) is 13.7. The highest BCUT2D eigenvalue weighted by molar-refractivity contribution is 5.70. The van der Waals surface area contributed by atoms with Gasteiger partial charge in [0.25, 0.3) is 0 Å².